The summed E-state index contributed by atoms with van der Waals surface area (Å²) in [5.74, 6) is 1.92. The summed E-state index contributed by atoms with van der Waals surface area (Å²) in [5, 5.41) is 3.73. The Hall–Kier alpha value is -0.0400. The van der Waals surface area contributed by atoms with E-state index in [1.807, 2.05) is 0 Å². The van der Waals surface area contributed by atoms with Crippen molar-refractivity contribution in [3.63, 3.8) is 0 Å². The highest BCUT2D eigenvalue weighted by atomic mass is 14.9. The summed E-state index contributed by atoms with van der Waals surface area (Å²) in [6.45, 7) is 8.20. The van der Waals surface area contributed by atoms with Crippen LogP contribution in [0.4, 0.5) is 0 Å². The molecule has 1 aliphatic carbocycles. The van der Waals surface area contributed by atoms with Gasteiger partial charge in [-0.3, -0.25) is 0 Å². The lowest BCUT2D eigenvalue weighted by Crippen LogP contribution is -2.40. The van der Waals surface area contributed by atoms with Gasteiger partial charge in [0.1, 0.15) is 0 Å². The topological polar surface area (TPSA) is 12.0 Å². The SMILES string of the molecule is CCCNC1CCC(C)CC1CCC. The molecule has 1 aliphatic rings. The molecular weight excluding hydrogens is 170 g/mol. The number of hydrogen-bond donors (Lipinski definition) is 1. The van der Waals surface area contributed by atoms with E-state index in [0.29, 0.717) is 0 Å². The van der Waals surface area contributed by atoms with E-state index in [4.69, 9.17) is 0 Å². The second kappa shape index (κ2) is 6.44. The van der Waals surface area contributed by atoms with Crippen LogP contribution in [0.3, 0.4) is 0 Å². The highest BCUT2D eigenvalue weighted by Gasteiger charge is 2.26. The molecular formula is C13H27N. The second-order valence-electron chi connectivity index (χ2n) is 5.03. The van der Waals surface area contributed by atoms with Crippen LogP contribution in [0.15, 0.2) is 0 Å². The normalized spacial score (nSPS) is 33.2. The van der Waals surface area contributed by atoms with Crippen LogP contribution >= 0.6 is 0 Å². The third-order valence-electron chi connectivity index (χ3n) is 3.56. The Bertz CT molecular complexity index is 142. The van der Waals surface area contributed by atoms with Crippen molar-refractivity contribution in [1.82, 2.24) is 5.32 Å². The van der Waals surface area contributed by atoms with Crippen LogP contribution in [-0.2, 0) is 0 Å². The fraction of sp³-hybridized carbons (Fsp3) is 1.00. The molecule has 1 saturated carbocycles. The maximum atomic E-state index is 3.73. The molecule has 0 spiro atoms. The van der Waals surface area contributed by atoms with Gasteiger partial charge in [0.25, 0.3) is 0 Å². The molecule has 0 amide bonds. The van der Waals surface area contributed by atoms with E-state index in [9.17, 15) is 0 Å². The average molecular weight is 197 g/mol. The quantitative estimate of drug-likeness (QED) is 0.710. The maximum Gasteiger partial charge on any atom is 0.00955 e. The Morgan fingerprint density at radius 1 is 1.14 bits per heavy atom. The fourth-order valence-corrected chi connectivity index (χ4v) is 2.79. The van der Waals surface area contributed by atoms with Gasteiger partial charge < -0.3 is 5.32 Å². The highest BCUT2D eigenvalue weighted by Crippen LogP contribution is 2.31. The molecule has 1 rings (SSSR count). The van der Waals surface area contributed by atoms with Crippen molar-refractivity contribution in [2.24, 2.45) is 11.8 Å². The van der Waals surface area contributed by atoms with Gasteiger partial charge in [0.15, 0.2) is 0 Å². The minimum absolute atomic E-state index is 0.825. The first kappa shape index (κ1) is 12.0. The molecule has 0 aromatic rings. The molecule has 0 heterocycles. The van der Waals surface area contributed by atoms with Crippen molar-refractivity contribution in [3.8, 4) is 0 Å². The molecule has 1 fully saturated rings. The Balaban J connectivity index is 2.36. The van der Waals surface area contributed by atoms with Crippen LogP contribution in [0, 0.1) is 11.8 Å². The third kappa shape index (κ3) is 3.61. The molecule has 14 heavy (non-hydrogen) atoms. The van der Waals surface area contributed by atoms with Gasteiger partial charge in [-0.2, -0.15) is 0 Å². The van der Waals surface area contributed by atoms with Crippen molar-refractivity contribution in [2.75, 3.05) is 6.54 Å². The van der Waals surface area contributed by atoms with Crippen molar-refractivity contribution >= 4 is 0 Å². The lowest BCUT2D eigenvalue weighted by Gasteiger charge is -2.35. The van der Waals surface area contributed by atoms with Crippen LogP contribution in [0.25, 0.3) is 0 Å². The zero-order valence-electron chi connectivity index (χ0n) is 10.2. The summed E-state index contributed by atoms with van der Waals surface area (Å²) >= 11 is 0. The first-order chi connectivity index (χ1) is 6.77. The van der Waals surface area contributed by atoms with Crippen LogP contribution in [0.1, 0.15) is 59.3 Å². The van der Waals surface area contributed by atoms with E-state index in [1.54, 1.807) is 0 Å². The van der Waals surface area contributed by atoms with Crippen molar-refractivity contribution < 1.29 is 0 Å². The molecule has 1 heteroatoms. The van der Waals surface area contributed by atoms with Crippen molar-refractivity contribution in [3.05, 3.63) is 0 Å². The fourth-order valence-electron chi connectivity index (χ4n) is 2.79. The maximum absolute atomic E-state index is 3.73. The van der Waals surface area contributed by atoms with Gasteiger partial charge in [-0.1, -0.05) is 27.2 Å². The lowest BCUT2D eigenvalue weighted by atomic mass is 9.77. The van der Waals surface area contributed by atoms with Gasteiger partial charge in [-0.05, 0) is 50.5 Å². The van der Waals surface area contributed by atoms with Gasteiger partial charge in [-0.25, -0.2) is 0 Å². The van der Waals surface area contributed by atoms with E-state index in [0.717, 1.165) is 17.9 Å². The van der Waals surface area contributed by atoms with Crippen LogP contribution in [-0.4, -0.2) is 12.6 Å². The van der Waals surface area contributed by atoms with E-state index in [1.165, 1.54) is 45.1 Å². The minimum atomic E-state index is 0.825. The van der Waals surface area contributed by atoms with E-state index < -0.39 is 0 Å². The van der Waals surface area contributed by atoms with Gasteiger partial charge in [-0.15, -0.1) is 0 Å². The second-order valence-corrected chi connectivity index (χ2v) is 5.03. The molecule has 0 saturated heterocycles. The molecule has 0 radical (unpaired) electrons. The summed E-state index contributed by atoms with van der Waals surface area (Å²) in [4.78, 5) is 0. The zero-order chi connectivity index (χ0) is 10.4. The number of hydrogen-bond acceptors (Lipinski definition) is 1. The first-order valence-corrected chi connectivity index (χ1v) is 6.51. The Kier molecular flexibility index (Phi) is 5.54. The van der Waals surface area contributed by atoms with Gasteiger partial charge in [0, 0.05) is 6.04 Å². The van der Waals surface area contributed by atoms with Crippen LogP contribution in [0.2, 0.25) is 0 Å². The molecule has 1 N–H and O–H groups in total. The van der Waals surface area contributed by atoms with Crippen molar-refractivity contribution in [2.45, 2.75) is 65.3 Å². The summed E-state index contributed by atoms with van der Waals surface area (Å²) in [7, 11) is 0. The zero-order valence-corrected chi connectivity index (χ0v) is 10.2. The Morgan fingerprint density at radius 2 is 1.93 bits per heavy atom. The molecule has 0 aliphatic heterocycles. The van der Waals surface area contributed by atoms with Gasteiger partial charge in [0.2, 0.25) is 0 Å². The molecule has 1 nitrogen and oxygen atoms in total. The lowest BCUT2D eigenvalue weighted by molar-refractivity contribution is 0.202. The predicted molar refractivity (Wildman–Crippen MR) is 63.5 cm³/mol. The van der Waals surface area contributed by atoms with Gasteiger partial charge >= 0.3 is 0 Å². The monoisotopic (exact) mass is 197 g/mol. The third-order valence-corrected chi connectivity index (χ3v) is 3.56. The molecule has 84 valence electrons. The van der Waals surface area contributed by atoms with E-state index in [2.05, 4.69) is 26.1 Å². The predicted octanol–water partition coefficient (Wildman–Crippen LogP) is 3.59. The molecule has 3 unspecified atom stereocenters. The standard InChI is InChI=1S/C13H27N/c1-4-6-12-10-11(3)7-8-13(12)14-9-5-2/h11-14H,4-10H2,1-3H3. The average Bonchev–Trinajstić information content (AvgIpc) is 2.17. The Morgan fingerprint density at radius 3 is 2.57 bits per heavy atom. The summed E-state index contributed by atoms with van der Waals surface area (Å²) in [6.07, 6.45) is 8.33. The smallest absolute Gasteiger partial charge is 0.00955 e. The molecule has 0 aromatic heterocycles. The summed E-state index contributed by atoms with van der Waals surface area (Å²) in [5.41, 5.74) is 0. The van der Waals surface area contributed by atoms with Crippen LogP contribution in [0.5, 0.6) is 0 Å². The highest BCUT2D eigenvalue weighted by molar-refractivity contribution is 4.83. The molecule has 3 atom stereocenters. The number of rotatable bonds is 5. The largest absolute Gasteiger partial charge is 0.314 e. The molecule has 0 bridgehead atoms. The number of nitrogens with one attached hydrogen (secondary N) is 1. The van der Waals surface area contributed by atoms with E-state index >= 15 is 0 Å². The Labute approximate surface area is 89.7 Å². The van der Waals surface area contributed by atoms with E-state index in [-0.39, 0.29) is 0 Å². The molecule has 0 aromatic carbocycles. The van der Waals surface area contributed by atoms with Gasteiger partial charge in [0.05, 0.1) is 0 Å². The van der Waals surface area contributed by atoms with Crippen molar-refractivity contribution in [1.29, 1.82) is 0 Å². The summed E-state index contributed by atoms with van der Waals surface area (Å²) in [6, 6.07) is 0.825. The minimum Gasteiger partial charge on any atom is -0.314 e. The van der Waals surface area contributed by atoms with Crippen LogP contribution < -0.4 is 5.32 Å². The summed E-state index contributed by atoms with van der Waals surface area (Å²) < 4.78 is 0. The first-order valence-electron chi connectivity index (χ1n) is 6.51.